The number of hydrogen-bond donors (Lipinski definition) is 2. The third-order valence-electron chi connectivity index (χ3n) is 5.61. The molecule has 1 aromatic heterocycles. The predicted molar refractivity (Wildman–Crippen MR) is 120 cm³/mol. The van der Waals surface area contributed by atoms with Crippen LogP contribution in [0.15, 0.2) is 48.7 Å². The van der Waals surface area contributed by atoms with Crippen molar-refractivity contribution in [2.45, 2.75) is 56.6 Å². The second-order valence-electron chi connectivity index (χ2n) is 8.35. The van der Waals surface area contributed by atoms with E-state index in [0.29, 0.717) is 19.3 Å². The minimum atomic E-state index is -5.08. The Bertz CT molecular complexity index is 1030. The van der Waals surface area contributed by atoms with E-state index in [1.165, 1.54) is 12.1 Å². The molecule has 4 rings (SSSR count). The van der Waals surface area contributed by atoms with Crippen LogP contribution >= 0.6 is 0 Å². The summed E-state index contributed by atoms with van der Waals surface area (Å²) < 4.78 is 88.7. The van der Waals surface area contributed by atoms with Crippen molar-refractivity contribution in [1.82, 2.24) is 9.88 Å². The van der Waals surface area contributed by atoms with Gasteiger partial charge in [-0.25, -0.2) is 14.0 Å². The maximum absolute atomic E-state index is 13.1. The molecule has 1 saturated heterocycles. The van der Waals surface area contributed by atoms with Crippen LogP contribution in [0.5, 0.6) is 0 Å². The molecule has 2 fully saturated rings. The smallest absolute Gasteiger partial charge is 0.475 e. The number of carbonyl (C=O) groups is 2. The Morgan fingerprint density at radius 2 is 1.56 bits per heavy atom. The molecule has 0 bridgehead atoms. The lowest BCUT2D eigenvalue weighted by molar-refractivity contribution is -0.193. The highest BCUT2D eigenvalue weighted by molar-refractivity contribution is 5.73. The van der Waals surface area contributed by atoms with Gasteiger partial charge in [0.1, 0.15) is 5.82 Å². The predicted octanol–water partition coefficient (Wildman–Crippen LogP) is 4.44. The van der Waals surface area contributed by atoms with E-state index in [0.717, 1.165) is 37.2 Å². The summed E-state index contributed by atoms with van der Waals surface area (Å²) >= 11 is 0. The van der Waals surface area contributed by atoms with E-state index >= 15 is 0 Å². The quantitative estimate of drug-likeness (QED) is 0.509. The second kappa shape index (κ2) is 14.2. The Morgan fingerprint density at radius 3 is 2.08 bits per heavy atom. The van der Waals surface area contributed by atoms with Gasteiger partial charge in [-0.1, -0.05) is 18.2 Å². The van der Waals surface area contributed by atoms with Crippen molar-refractivity contribution in [2.75, 3.05) is 13.2 Å². The number of morpholine rings is 1. The summed E-state index contributed by atoms with van der Waals surface area (Å²) in [4.78, 5) is 24.6. The van der Waals surface area contributed by atoms with Crippen LogP contribution in [0.1, 0.15) is 24.1 Å². The Labute approximate surface area is 218 Å². The minimum Gasteiger partial charge on any atom is -0.475 e. The molecule has 216 valence electrons. The molecule has 0 radical (unpaired) electrons. The number of aromatic nitrogens is 1. The van der Waals surface area contributed by atoms with E-state index in [2.05, 4.69) is 9.88 Å². The molecule has 8 nitrogen and oxygen atoms in total. The fourth-order valence-electron chi connectivity index (χ4n) is 3.87. The SMILES string of the molecule is Fc1ccc(CN2CCO[C@H]3[C@H](OCc4ccccn4)CC[C@@H]32)cc1.O=C(O)C(F)(F)F.O=C(O)C(F)(F)F. The molecule has 2 N–H and O–H groups in total. The molecular formula is C24H25F7N2O6. The Morgan fingerprint density at radius 1 is 0.974 bits per heavy atom. The van der Waals surface area contributed by atoms with Crippen molar-refractivity contribution >= 4 is 11.9 Å². The first kappa shape index (κ1) is 31.9. The highest BCUT2D eigenvalue weighted by Crippen LogP contribution is 2.33. The van der Waals surface area contributed by atoms with E-state index in [1.807, 2.05) is 30.3 Å². The van der Waals surface area contributed by atoms with Crippen LogP contribution in [-0.4, -0.2) is 75.8 Å². The van der Waals surface area contributed by atoms with Crippen molar-refractivity contribution in [3.8, 4) is 0 Å². The summed E-state index contributed by atoms with van der Waals surface area (Å²) in [6.45, 7) is 2.98. The number of nitrogens with zero attached hydrogens (tertiary/aromatic N) is 2. The lowest BCUT2D eigenvalue weighted by Gasteiger charge is -2.39. The van der Waals surface area contributed by atoms with Crippen molar-refractivity contribution in [3.05, 3.63) is 65.7 Å². The summed E-state index contributed by atoms with van der Waals surface area (Å²) in [7, 11) is 0. The van der Waals surface area contributed by atoms with Gasteiger partial charge in [-0.05, 0) is 42.7 Å². The largest absolute Gasteiger partial charge is 0.490 e. The standard InChI is InChI=1S/C20H23FN2O2.2C2HF3O2/c21-16-6-4-15(5-7-16)13-23-11-12-24-20-18(23)8-9-19(20)25-14-17-3-1-2-10-22-17;2*3-2(4,5)1(6)7/h1-7,10,18-20H,8-9,11-14H2;2*(H,6,7)/t18-,19+,20+;;/m0../s1. The summed E-state index contributed by atoms with van der Waals surface area (Å²) in [6, 6.07) is 13.0. The van der Waals surface area contributed by atoms with Gasteiger partial charge >= 0.3 is 24.3 Å². The molecule has 0 spiro atoms. The zero-order chi connectivity index (χ0) is 29.2. The molecule has 1 aliphatic heterocycles. The molecule has 1 aliphatic carbocycles. The van der Waals surface area contributed by atoms with Gasteiger partial charge in [0.2, 0.25) is 0 Å². The number of carboxylic acid groups (broad SMARTS) is 2. The lowest BCUT2D eigenvalue weighted by atomic mass is 10.1. The number of ether oxygens (including phenoxy) is 2. The lowest BCUT2D eigenvalue weighted by Crippen LogP contribution is -2.51. The van der Waals surface area contributed by atoms with Crippen LogP contribution in [0.4, 0.5) is 30.7 Å². The molecule has 0 unspecified atom stereocenters. The first-order valence-electron chi connectivity index (χ1n) is 11.4. The van der Waals surface area contributed by atoms with Gasteiger partial charge in [0, 0.05) is 25.3 Å². The molecule has 0 amide bonds. The number of benzene rings is 1. The third-order valence-corrected chi connectivity index (χ3v) is 5.61. The number of fused-ring (bicyclic) bond motifs is 1. The molecule has 1 aromatic carbocycles. The molecule has 15 heteroatoms. The number of carboxylic acids is 2. The third kappa shape index (κ3) is 10.8. The van der Waals surface area contributed by atoms with Crippen molar-refractivity contribution in [3.63, 3.8) is 0 Å². The van der Waals surface area contributed by atoms with Gasteiger partial charge in [0.05, 0.1) is 31.1 Å². The first-order valence-corrected chi connectivity index (χ1v) is 11.4. The van der Waals surface area contributed by atoms with Crippen LogP contribution in [0, 0.1) is 5.82 Å². The number of alkyl halides is 6. The normalized spacial score (nSPS) is 21.1. The molecular weight excluding hydrogens is 545 g/mol. The van der Waals surface area contributed by atoms with Gasteiger partial charge < -0.3 is 19.7 Å². The molecule has 2 aliphatic rings. The highest BCUT2D eigenvalue weighted by atomic mass is 19.4. The van der Waals surface area contributed by atoms with Crippen molar-refractivity contribution in [1.29, 1.82) is 0 Å². The Balaban J connectivity index is 0.000000317. The molecule has 39 heavy (non-hydrogen) atoms. The van der Waals surface area contributed by atoms with Crippen LogP contribution in [0.2, 0.25) is 0 Å². The summed E-state index contributed by atoms with van der Waals surface area (Å²) in [5, 5.41) is 14.2. The number of hydrogen-bond acceptors (Lipinski definition) is 6. The molecule has 2 heterocycles. The average Bonchev–Trinajstić information content (AvgIpc) is 3.28. The number of pyridine rings is 1. The zero-order valence-electron chi connectivity index (χ0n) is 20.2. The molecule has 2 aromatic rings. The van der Waals surface area contributed by atoms with Gasteiger partial charge in [-0.3, -0.25) is 9.88 Å². The molecule has 1 saturated carbocycles. The van der Waals surface area contributed by atoms with Crippen LogP contribution < -0.4 is 0 Å². The van der Waals surface area contributed by atoms with Gasteiger partial charge in [-0.15, -0.1) is 0 Å². The van der Waals surface area contributed by atoms with E-state index < -0.39 is 24.3 Å². The van der Waals surface area contributed by atoms with Crippen LogP contribution in [0.3, 0.4) is 0 Å². The maximum atomic E-state index is 13.1. The van der Waals surface area contributed by atoms with E-state index in [1.54, 1.807) is 6.20 Å². The van der Waals surface area contributed by atoms with Crippen molar-refractivity contribution < 1.29 is 60.0 Å². The van der Waals surface area contributed by atoms with Crippen molar-refractivity contribution in [2.24, 2.45) is 0 Å². The summed E-state index contributed by atoms with van der Waals surface area (Å²) in [5.74, 6) is -5.70. The fourth-order valence-corrected chi connectivity index (χ4v) is 3.87. The van der Waals surface area contributed by atoms with E-state index in [9.17, 15) is 30.7 Å². The van der Waals surface area contributed by atoms with Crippen LogP contribution in [-0.2, 0) is 32.2 Å². The highest BCUT2D eigenvalue weighted by Gasteiger charge is 2.43. The summed E-state index contributed by atoms with van der Waals surface area (Å²) in [6.07, 6.45) is -6.08. The van der Waals surface area contributed by atoms with Gasteiger partial charge in [0.25, 0.3) is 0 Å². The Hall–Kier alpha value is -3.30. The fraction of sp³-hybridized carbons (Fsp3) is 0.458. The second-order valence-corrected chi connectivity index (χ2v) is 8.35. The average molecular weight is 570 g/mol. The number of rotatable bonds is 5. The maximum Gasteiger partial charge on any atom is 0.490 e. The summed E-state index contributed by atoms with van der Waals surface area (Å²) in [5.41, 5.74) is 2.09. The van der Waals surface area contributed by atoms with E-state index in [-0.39, 0.29) is 18.0 Å². The monoisotopic (exact) mass is 570 g/mol. The topological polar surface area (TPSA) is 109 Å². The van der Waals surface area contributed by atoms with Gasteiger partial charge in [-0.2, -0.15) is 26.3 Å². The minimum absolute atomic E-state index is 0.109. The zero-order valence-corrected chi connectivity index (χ0v) is 20.2. The Kier molecular flexibility index (Phi) is 11.6. The number of halogens is 7. The molecule has 3 atom stereocenters. The van der Waals surface area contributed by atoms with Gasteiger partial charge in [0.15, 0.2) is 0 Å². The van der Waals surface area contributed by atoms with Crippen LogP contribution in [0.25, 0.3) is 0 Å². The first-order chi connectivity index (χ1) is 18.2. The number of aliphatic carboxylic acids is 2. The van der Waals surface area contributed by atoms with E-state index in [4.69, 9.17) is 29.3 Å².